The van der Waals surface area contributed by atoms with Gasteiger partial charge in [-0.15, -0.1) is 10.2 Å². The van der Waals surface area contributed by atoms with Crippen molar-refractivity contribution >= 4 is 23.2 Å². The van der Waals surface area contributed by atoms with Gasteiger partial charge in [0.25, 0.3) is 5.91 Å². The fraction of sp³-hybridized carbons (Fsp3) is 0. The molecule has 1 aromatic carbocycles. The number of hydrogen-bond acceptors (Lipinski definition) is 4. The predicted molar refractivity (Wildman–Crippen MR) is 78.5 cm³/mol. The number of carbonyl (C=O) groups is 1. The standard InChI is InChI=1S/C14H9ClFN5O/c15-10-8-9(2-3-11(10)16)18-14(22)12-4-5-13(20-19-12)21-7-1-6-17-21/h1-8H,(H,18,22). The van der Waals surface area contributed by atoms with Gasteiger partial charge in [0.05, 0.1) is 5.02 Å². The van der Waals surface area contributed by atoms with Gasteiger partial charge in [-0.3, -0.25) is 4.79 Å². The quantitative estimate of drug-likeness (QED) is 0.806. The van der Waals surface area contributed by atoms with Crippen molar-refractivity contribution in [1.29, 1.82) is 0 Å². The monoisotopic (exact) mass is 317 g/mol. The first-order chi connectivity index (χ1) is 10.6. The Bertz CT molecular complexity index is 805. The molecule has 0 aliphatic heterocycles. The minimum atomic E-state index is -0.553. The number of nitrogens with zero attached hydrogens (tertiary/aromatic N) is 4. The van der Waals surface area contributed by atoms with Gasteiger partial charge in [0.15, 0.2) is 11.5 Å². The van der Waals surface area contributed by atoms with E-state index < -0.39 is 11.7 Å². The lowest BCUT2D eigenvalue weighted by Crippen LogP contribution is -2.15. The maximum atomic E-state index is 13.1. The van der Waals surface area contributed by atoms with Crippen molar-refractivity contribution in [2.75, 3.05) is 5.32 Å². The van der Waals surface area contributed by atoms with Crippen LogP contribution in [-0.4, -0.2) is 25.9 Å². The summed E-state index contributed by atoms with van der Waals surface area (Å²) in [4.78, 5) is 12.0. The number of nitrogens with one attached hydrogen (secondary N) is 1. The maximum absolute atomic E-state index is 13.1. The van der Waals surface area contributed by atoms with E-state index in [-0.39, 0.29) is 10.7 Å². The second kappa shape index (κ2) is 5.90. The summed E-state index contributed by atoms with van der Waals surface area (Å²) in [6, 6.07) is 8.78. The number of benzene rings is 1. The molecule has 0 atom stereocenters. The highest BCUT2D eigenvalue weighted by molar-refractivity contribution is 6.31. The smallest absolute Gasteiger partial charge is 0.276 e. The zero-order valence-electron chi connectivity index (χ0n) is 11.1. The van der Waals surface area contributed by atoms with Gasteiger partial charge < -0.3 is 5.32 Å². The van der Waals surface area contributed by atoms with E-state index in [0.29, 0.717) is 11.5 Å². The second-order valence-electron chi connectivity index (χ2n) is 4.31. The average Bonchev–Trinajstić information content (AvgIpc) is 3.05. The summed E-state index contributed by atoms with van der Waals surface area (Å²) in [6.45, 7) is 0. The molecule has 6 nitrogen and oxygen atoms in total. The number of carbonyl (C=O) groups excluding carboxylic acids is 1. The third-order valence-corrected chi connectivity index (χ3v) is 3.09. The first-order valence-corrected chi connectivity index (χ1v) is 6.61. The molecule has 0 bridgehead atoms. The SMILES string of the molecule is O=C(Nc1ccc(F)c(Cl)c1)c1ccc(-n2cccn2)nn1. The Morgan fingerprint density at radius 1 is 1.23 bits per heavy atom. The number of rotatable bonds is 3. The lowest BCUT2D eigenvalue weighted by Gasteiger charge is -2.05. The van der Waals surface area contributed by atoms with Crippen LogP contribution in [0, 0.1) is 5.82 Å². The van der Waals surface area contributed by atoms with E-state index in [4.69, 9.17) is 11.6 Å². The third kappa shape index (κ3) is 2.94. The molecular formula is C14H9ClFN5O. The largest absolute Gasteiger partial charge is 0.321 e. The molecule has 0 saturated carbocycles. The molecule has 0 spiro atoms. The Kier molecular flexibility index (Phi) is 3.80. The number of hydrogen-bond donors (Lipinski definition) is 1. The Morgan fingerprint density at radius 3 is 2.73 bits per heavy atom. The molecule has 8 heteroatoms. The van der Waals surface area contributed by atoms with Gasteiger partial charge in [-0.1, -0.05) is 11.6 Å². The van der Waals surface area contributed by atoms with E-state index in [2.05, 4.69) is 20.6 Å². The molecule has 0 aliphatic rings. The molecule has 3 aromatic rings. The van der Waals surface area contributed by atoms with Crippen molar-refractivity contribution in [3.63, 3.8) is 0 Å². The Balaban J connectivity index is 1.76. The molecule has 2 heterocycles. The number of halogens is 2. The van der Waals surface area contributed by atoms with Crippen LogP contribution in [0.25, 0.3) is 5.82 Å². The van der Waals surface area contributed by atoms with Crippen LogP contribution in [0.5, 0.6) is 0 Å². The van der Waals surface area contributed by atoms with Crippen LogP contribution in [0.3, 0.4) is 0 Å². The van der Waals surface area contributed by atoms with E-state index in [9.17, 15) is 9.18 Å². The molecule has 0 unspecified atom stereocenters. The Hall–Kier alpha value is -2.80. The summed E-state index contributed by atoms with van der Waals surface area (Å²) in [7, 11) is 0. The Labute approximate surface area is 129 Å². The van der Waals surface area contributed by atoms with Crippen LogP contribution in [-0.2, 0) is 0 Å². The zero-order chi connectivity index (χ0) is 15.5. The molecule has 3 rings (SSSR count). The molecule has 0 saturated heterocycles. The third-order valence-electron chi connectivity index (χ3n) is 2.80. The van der Waals surface area contributed by atoms with E-state index >= 15 is 0 Å². The first-order valence-electron chi connectivity index (χ1n) is 6.23. The highest BCUT2D eigenvalue weighted by Crippen LogP contribution is 2.19. The highest BCUT2D eigenvalue weighted by Gasteiger charge is 2.10. The van der Waals surface area contributed by atoms with Crippen molar-refractivity contribution in [3.05, 3.63) is 65.3 Å². The highest BCUT2D eigenvalue weighted by atomic mass is 35.5. The van der Waals surface area contributed by atoms with E-state index in [1.807, 2.05) is 0 Å². The van der Waals surface area contributed by atoms with E-state index in [1.54, 1.807) is 24.5 Å². The van der Waals surface area contributed by atoms with Crippen molar-refractivity contribution in [1.82, 2.24) is 20.0 Å². The molecule has 1 amide bonds. The second-order valence-corrected chi connectivity index (χ2v) is 4.72. The van der Waals surface area contributed by atoms with Gasteiger partial charge >= 0.3 is 0 Å². The molecule has 0 fully saturated rings. The van der Waals surface area contributed by atoms with Crippen LogP contribution < -0.4 is 5.32 Å². The average molecular weight is 318 g/mol. The fourth-order valence-corrected chi connectivity index (χ4v) is 1.92. The number of aromatic nitrogens is 4. The van der Waals surface area contributed by atoms with E-state index in [1.165, 1.54) is 28.9 Å². The first kappa shape index (κ1) is 14.2. The van der Waals surface area contributed by atoms with Crippen LogP contribution in [0.15, 0.2) is 48.8 Å². The lowest BCUT2D eigenvalue weighted by molar-refractivity contribution is 0.102. The topological polar surface area (TPSA) is 72.7 Å². The minimum absolute atomic E-state index is 0.0714. The summed E-state index contributed by atoms with van der Waals surface area (Å²) in [5.74, 6) is -0.531. The van der Waals surface area contributed by atoms with Crippen LogP contribution in [0.1, 0.15) is 10.5 Å². The summed E-state index contributed by atoms with van der Waals surface area (Å²) < 4.78 is 14.6. The summed E-state index contributed by atoms with van der Waals surface area (Å²) >= 11 is 5.66. The van der Waals surface area contributed by atoms with Crippen LogP contribution >= 0.6 is 11.6 Å². The van der Waals surface area contributed by atoms with Gasteiger partial charge in [-0.05, 0) is 36.4 Å². The van der Waals surface area contributed by atoms with Crippen molar-refractivity contribution in [3.8, 4) is 5.82 Å². The van der Waals surface area contributed by atoms with Crippen molar-refractivity contribution in [2.45, 2.75) is 0 Å². The molecule has 110 valence electrons. The van der Waals surface area contributed by atoms with Gasteiger partial charge in [-0.2, -0.15) is 5.10 Å². The Morgan fingerprint density at radius 2 is 2.09 bits per heavy atom. The minimum Gasteiger partial charge on any atom is -0.321 e. The van der Waals surface area contributed by atoms with Gasteiger partial charge in [-0.25, -0.2) is 9.07 Å². The van der Waals surface area contributed by atoms with Crippen LogP contribution in [0.4, 0.5) is 10.1 Å². The normalized spacial score (nSPS) is 10.5. The lowest BCUT2D eigenvalue weighted by atomic mass is 10.3. The zero-order valence-corrected chi connectivity index (χ0v) is 11.8. The van der Waals surface area contributed by atoms with Crippen LogP contribution in [0.2, 0.25) is 5.02 Å². The van der Waals surface area contributed by atoms with E-state index in [0.717, 1.165) is 0 Å². The van der Waals surface area contributed by atoms with Gasteiger partial charge in [0, 0.05) is 18.1 Å². The molecule has 0 radical (unpaired) electrons. The van der Waals surface area contributed by atoms with Crippen molar-refractivity contribution < 1.29 is 9.18 Å². The summed E-state index contributed by atoms with van der Waals surface area (Å²) in [6.07, 6.45) is 3.32. The van der Waals surface area contributed by atoms with Gasteiger partial charge in [0.2, 0.25) is 0 Å². The van der Waals surface area contributed by atoms with Gasteiger partial charge in [0.1, 0.15) is 5.82 Å². The number of anilines is 1. The molecular weight excluding hydrogens is 309 g/mol. The predicted octanol–water partition coefficient (Wildman–Crippen LogP) is 2.71. The summed E-state index contributed by atoms with van der Waals surface area (Å²) in [5.41, 5.74) is 0.491. The summed E-state index contributed by atoms with van der Waals surface area (Å²) in [5, 5.41) is 14.3. The van der Waals surface area contributed by atoms with Crippen molar-refractivity contribution in [2.24, 2.45) is 0 Å². The molecule has 2 aromatic heterocycles. The molecule has 22 heavy (non-hydrogen) atoms. The maximum Gasteiger partial charge on any atom is 0.276 e. The molecule has 0 aliphatic carbocycles. The number of amides is 1. The fourth-order valence-electron chi connectivity index (χ4n) is 1.74. The molecule has 1 N–H and O–H groups in total.